The maximum Gasteiger partial charge on any atom is 0.295 e. The summed E-state index contributed by atoms with van der Waals surface area (Å²) in [6.45, 7) is 1.78. The van der Waals surface area contributed by atoms with E-state index in [9.17, 15) is 25.9 Å². The number of anilines is 1. The van der Waals surface area contributed by atoms with Crippen LogP contribution in [-0.4, -0.2) is 33.1 Å². The third-order valence-electron chi connectivity index (χ3n) is 4.27. The first-order valence-corrected chi connectivity index (χ1v) is 11.2. The molecule has 3 aromatic carbocycles. The van der Waals surface area contributed by atoms with E-state index in [4.69, 9.17) is 10.5 Å². The lowest BCUT2D eigenvalue weighted by Gasteiger charge is -2.08. The molecule has 0 radical (unpaired) electrons. The molecule has 0 fully saturated rings. The van der Waals surface area contributed by atoms with E-state index in [1.54, 1.807) is 19.1 Å². The molecule has 0 saturated heterocycles. The van der Waals surface area contributed by atoms with Crippen molar-refractivity contribution in [3.05, 3.63) is 48.0 Å². The highest BCUT2D eigenvalue weighted by Gasteiger charge is 2.20. The molecule has 4 N–H and O–H groups in total. The van der Waals surface area contributed by atoms with Crippen molar-refractivity contribution < 1.29 is 30.7 Å². The number of azo groups is 1. The minimum Gasteiger partial charge on any atom is -0.495 e. The molecule has 0 saturated carbocycles. The topological polar surface area (TPSA) is 169 Å². The second-order valence-corrected chi connectivity index (χ2v) is 9.17. The molecule has 3 aromatic rings. The molecule has 0 heterocycles. The predicted molar refractivity (Wildman–Crippen MR) is 110 cm³/mol. The molecule has 0 unspecified atom stereocenters. The molecule has 0 amide bonds. The first-order valence-electron chi connectivity index (χ1n) is 8.29. The number of nitrogens with two attached hydrogens (primary N) is 1. The van der Waals surface area contributed by atoms with Crippen LogP contribution in [0.1, 0.15) is 5.56 Å². The number of hydrogen-bond acceptors (Lipinski definition) is 8. The molecule has 0 spiro atoms. The van der Waals surface area contributed by atoms with Gasteiger partial charge in [0.25, 0.3) is 20.2 Å². The van der Waals surface area contributed by atoms with Gasteiger partial charge in [-0.3, -0.25) is 9.11 Å². The van der Waals surface area contributed by atoms with E-state index < -0.39 is 30.0 Å². The van der Waals surface area contributed by atoms with E-state index in [0.29, 0.717) is 23.2 Å². The number of benzene rings is 3. The Hall–Kier alpha value is -3.06. The van der Waals surface area contributed by atoms with Gasteiger partial charge in [0.15, 0.2) is 0 Å². The van der Waals surface area contributed by atoms with E-state index in [2.05, 4.69) is 10.2 Å². The highest BCUT2D eigenvalue weighted by molar-refractivity contribution is 7.86. The van der Waals surface area contributed by atoms with Crippen LogP contribution in [0.3, 0.4) is 0 Å². The number of nitrogen functional groups attached to an aromatic ring is 1. The van der Waals surface area contributed by atoms with Crippen LogP contribution in [0, 0.1) is 6.92 Å². The van der Waals surface area contributed by atoms with Gasteiger partial charge in [-0.2, -0.15) is 27.1 Å². The first kappa shape index (κ1) is 21.6. The number of ether oxygens (including phenoxy) is 1. The SMILES string of the molecule is COc1cc(/N=N/c2ccc3c(S(=O)(=O)O)cc(S(=O)(=O)O)cc3c2)c(C)cc1N. The average Bonchev–Trinajstić information content (AvgIpc) is 2.64. The zero-order chi connectivity index (χ0) is 22.3. The third kappa shape index (κ3) is 4.41. The summed E-state index contributed by atoms with van der Waals surface area (Å²) in [5.74, 6) is 0.420. The highest BCUT2D eigenvalue weighted by atomic mass is 32.2. The summed E-state index contributed by atoms with van der Waals surface area (Å²) in [6.07, 6.45) is 0. The third-order valence-corrected chi connectivity index (χ3v) is 5.99. The fourth-order valence-corrected chi connectivity index (χ4v) is 4.17. The molecular formula is C18H17N3O7S2. The van der Waals surface area contributed by atoms with Crippen LogP contribution in [-0.2, 0) is 20.2 Å². The van der Waals surface area contributed by atoms with Gasteiger partial charge in [0, 0.05) is 11.5 Å². The van der Waals surface area contributed by atoms with Crippen molar-refractivity contribution in [3.8, 4) is 5.75 Å². The van der Waals surface area contributed by atoms with Crippen molar-refractivity contribution in [2.45, 2.75) is 16.7 Å². The summed E-state index contributed by atoms with van der Waals surface area (Å²) in [5, 5.41) is 8.37. The van der Waals surface area contributed by atoms with Gasteiger partial charge in [-0.15, -0.1) is 0 Å². The maximum absolute atomic E-state index is 11.7. The van der Waals surface area contributed by atoms with E-state index >= 15 is 0 Å². The summed E-state index contributed by atoms with van der Waals surface area (Å²) >= 11 is 0. The summed E-state index contributed by atoms with van der Waals surface area (Å²) in [4.78, 5) is -1.34. The fraction of sp³-hybridized carbons (Fsp3) is 0.111. The second-order valence-electron chi connectivity index (χ2n) is 6.36. The van der Waals surface area contributed by atoms with Gasteiger partial charge in [-0.25, -0.2) is 0 Å². The van der Waals surface area contributed by atoms with E-state index in [-0.39, 0.29) is 16.5 Å². The van der Waals surface area contributed by atoms with E-state index in [1.165, 1.54) is 25.3 Å². The van der Waals surface area contributed by atoms with Crippen LogP contribution in [0.4, 0.5) is 17.1 Å². The molecule has 0 aliphatic carbocycles. The quantitative estimate of drug-likeness (QED) is 0.300. The van der Waals surface area contributed by atoms with Gasteiger partial charge in [-0.05, 0) is 48.2 Å². The van der Waals surface area contributed by atoms with E-state index in [1.807, 2.05) is 0 Å². The van der Waals surface area contributed by atoms with Crippen molar-refractivity contribution in [1.29, 1.82) is 0 Å². The zero-order valence-corrected chi connectivity index (χ0v) is 17.4. The normalized spacial score (nSPS) is 12.5. The highest BCUT2D eigenvalue weighted by Crippen LogP contribution is 2.33. The number of nitrogens with zero attached hydrogens (tertiary/aromatic N) is 2. The van der Waals surface area contributed by atoms with Crippen LogP contribution in [0.2, 0.25) is 0 Å². The Labute approximate surface area is 172 Å². The van der Waals surface area contributed by atoms with Crippen LogP contribution in [0.25, 0.3) is 10.8 Å². The molecule has 12 heteroatoms. The number of aryl methyl sites for hydroxylation is 1. The second kappa shape index (κ2) is 7.65. The zero-order valence-electron chi connectivity index (χ0n) is 15.8. The van der Waals surface area contributed by atoms with E-state index in [0.717, 1.165) is 11.6 Å². The Morgan fingerprint density at radius 1 is 0.933 bits per heavy atom. The predicted octanol–water partition coefficient (Wildman–Crippen LogP) is 3.65. The van der Waals surface area contributed by atoms with Crippen molar-refractivity contribution in [2.24, 2.45) is 10.2 Å². The molecule has 0 aromatic heterocycles. The van der Waals surface area contributed by atoms with Gasteiger partial charge < -0.3 is 10.5 Å². The van der Waals surface area contributed by atoms with Gasteiger partial charge in [0.2, 0.25) is 0 Å². The Morgan fingerprint density at radius 3 is 2.23 bits per heavy atom. The van der Waals surface area contributed by atoms with Gasteiger partial charge in [0.05, 0.1) is 29.1 Å². The Bertz CT molecular complexity index is 1400. The first-order chi connectivity index (χ1) is 13.9. The van der Waals surface area contributed by atoms with Gasteiger partial charge in [-0.1, -0.05) is 6.07 Å². The summed E-state index contributed by atoms with van der Waals surface area (Å²) < 4.78 is 70.2. The van der Waals surface area contributed by atoms with Crippen molar-refractivity contribution in [2.75, 3.05) is 12.8 Å². The molecular weight excluding hydrogens is 434 g/mol. The number of rotatable bonds is 5. The lowest BCUT2D eigenvalue weighted by Crippen LogP contribution is -2.04. The minimum absolute atomic E-state index is 0.0502. The van der Waals surface area contributed by atoms with Crippen molar-refractivity contribution in [3.63, 3.8) is 0 Å². The maximum atomic E-state index is 11.7. The van der Waals surface area contributed by atoms with Crippen molar-refractivity contribution in [1.82, 2.24) is 0 Å². The van der Waals surface area contributed by atoms with Crippen LogP contribution in [0.15, 0.2) is 62.5 Å². The average molecular weight is 451 g/mol. The van der Waals surface area contributed by atoms with Gasteiger partial charge >= 0.3 is 0 Å². The van der Waals surface area contributed by atoms with Crippen LogP contribution < -0.4 is 10.5 Å². The Balaban J connectivity index is 2.15. The Kier molecular flexibility index (Phi) is 5.52. The molecule has 3 rings (SSSR count). The monoisotopic (exact) mass is 451 g/mol. The molecule has 0 bridgehead atoms. The molecule has 0 aliphatic heterocycles. The molecule has 158 valence electrons. The lowest BCUT2D eigenvalue weighted by atomic mass is 10.1. The molecule has 30 heavy (non-hydrogen) atoms. The van der Waals surface area contributed by atoms with Crippen LogP contribution >= 0.6 is 0 Å². The number of hydrogen-bond donors (Lipinski definition) is 3. The van der Waals surface area contributed by atoms with Crippen molar-refractivity contribution >= 4 is 48.1 Å². The molecule has 0 aliphatic rings. The fourth-order valence-electron chi connectivity index (χ4n) is 2.82. The summed E-state index contributed by atoms with van der Waals surface area (Å²) in [6, 6.07) is 9.17. The number of methoxy groups -OCH3 is 1. The summed E-state index contributed by atoms with van der Waals surface area (Å²) in [7, 11) is -8.01. The van der Waals surface area contributed by atoms with Gasteiger partial charge in [0.1, 0.15) is 10.6 Å². The lowest BCUT2D eigenvalue weighted by molar-refractivity contribution is 0.417. The Morgan fingerprint density at radius 2 is 1.63 bits per heavy atom. The molecule has 0 atom stereocenters. The minimum atomic E-state index is -4.75. The molecule has 10 nitrogen and oxygen atoms in total. The smallest absolute Gasteiger partial charge is 0.295 e. The number of fused-ring (bicyclic) bond motifs is 1. The largest absolute Gasteiger partial charge is 0.495 e. The van der Waals surface area contributed by atoms with Crippen LogP contribution in [0.5, 0.6) is 5.75 Å². The summed E-state index contributed by atoms with van der Waals surface area (Å²) in [5.41, 5.74) is 7.76. The standard InChI is InChI=1S/C18H17N3O7S2/c1-10-5-15(19)17(28-2)9-16(10)21-20-12-3-4-14-11(6-12)7-13(29(22,23)24)8-18(14)30(25,26)27/h3-9H,19H2,1-2H3,(H,22,23,24)(H,25,26,27)/b21-20+.